The fraction of sp³-hybridized carbons (Fsp3) is 0.348. The van der Waals surface area contributed by atoms with Crippen LogP contribution >= 0.6 is 0 Å². The number of halogens is 1. The zero-order chi connectivity index (χ0) is 21.4. The van der Waals surface area contributed by atoms with Crippen LogP contribution in [0.2, 0.25) is 0 Å². The minimum atomic E-state index is -0.492. The molecule has 2 aromatic carbocycles. The van der Waals surface area contributed by atoms with Gasteiger partial charge in [0.1, 0.15) is 12.4 Å². The van der Waals surface area contributed by atoms with E-state index in [0.717, 1.165) is 5.56 Å². The van der Waals surface area contributed by atoms with Crippen molar-refractivity contribution in [3.8, 4) is 0 Å². The number of aryl methyl sites for hydroxylation is 1. The third-order valence-electron chi connectivity index (χ3n) is 6.00. The van der Waals surface area contributed by atoms with E-state index in [9.17, 15) is 18.8 Å². The predicted octanol–water partition coefficient (Wildman–Crippen LogP) is 2.72. The van der Waals surface area contributed by atoms with Gasteiger partial charge in [0.2, 0.25) is 5.91 Å². The molecule has 0 radical (unpaired) electrons. The second-order valence-corrected chi connectivity index (χ2v) is 7.82. The molecule has 6 nitrogen and oxygen atoms in total. The molecule has 2 aliphatic heterocycles. The molecule has 0 N–H and O–H groups in total. The Morgan fingerprint density at radius 1 is 1.13 bits per heavy atom. The summed E-state index contributed by atoms with van der Waals surface area (Å²) in [6.45, 7) is 1.91. The monoisotopic (exact) mass is 410 g/mol. The SMILES string of the molecule is COC(=O)[C@H]1C[C@H]2CN(C(=O)c3ccc(F)cc3C)CC(=O)N2[C@H]1c1ccccc1. The van der Waals surface area contributed by atoms with Crippen LogP contribution in [-0.2, 0) is 14.3 Å². The number of nitrogens with zero attached hydrogens (tertiary/aromatic N) is 2. The van der Waals surface area contributed by atoms with Crippen molar-refractivity contribution in [1.82, 2.24) is 9.80 Å². The molecule has 0 unspecified atom stereocenters. The first kappa shape index (κ1) is 20.1. The maximum Gasteiger partial charge on any atom is 0.311 e. The molecule has 2 amide bonds. The summed E-state index contributed by atoms with van der Waals surface area (Å²) in [5.74, 6) is -1.78. The highest BCUT2D eigenvalue weighted by Crippen LogP contribution is 2.43. The lowest BCUT2D eigenvalue weighted by atomic mass is 9.93. The summed E-state index contributed by atoms with van der Waals surface area (Å²) in [7, 11) is 1.34. The van der Waals surface area contributed by atoms with Crippen LogP contribution in [0, 0.1) is 18.7 Å². The highest BCUT2D eigenvalue weighted by atomic mass is 19.1. The van der Waals surface area contributed by atoms with Crippen LogP contribution in [0.5, 0.6) is 0 Å². The number of amides is 2. The van der Waals surface area contributed by atoms with Gasteiger partial charge in [-0.1, -0.05) is 30.3 Å². The first-order chi connectivity index (χ1) is 14.4. The minimum absolute atomic E-state index is 0.0800. The van der Waals surface area contributed by atoms with E-state index >= 15 is 0 Å². The van der Waals surface area contributed by atoms with Gasteiger partial charge in [0, 0.05) is 12.1 Å². The average Bonchev–Trinajstić information content (AvgIpc) is 3.13. The van der Waals surface area contributed by atoms with Crippen molar-refractivity contribution in [1.29, 1.82) is 0 Å². The molecule has 0 aliphatic carbocycles. The molecular weight excluding hydrogens is 387 g/mol. The molecule has 0 bridgehead atoms. The van der Waals surface area contributed by atoms with E-state index in [1.807, 2.05) is 30.3 Å². The van der Waals surface area contributed by atoms with E-state index in [-0.39, 0.29) is 30.4 Å². The van der Waals surface area contributed by atoms with Gasteiger partial charge < -0.3 is 14.5 Å². The van der Waals surface area contributed by atoms with E-state index in [1.165, 1.54) is 30.2 Å². The number of esters is 1. The fourth-order valence-corrected chi connectivity index (χ4v) is 4.65. The van der Waals surface area contributed by atoms with Crippen molar-refractivity contribution in [2.75, 3.05) is 20.2 Å². The largest absolute Gasteiger partial charge is 0.469 e. The van der Waals surface area contributed by atoms with Gasteiger partial charge in [-0.15, -0.1) is 0 Å². The van der Waals surface area contributed by atoms with Gasteiger partial charge in [-0.3, -0.25) is 14.4 Å². The summed E-state index contributed by atoms with van der Waals surface area (Å²) in [5.41, 5.74) is 1.77. The summed E-state index contributed by atoms with van der Waals surface area (Å²) in [4.78, 5) is 41.9. The normalized spacial score (nSPS) is 23.3. The number of carbonyl (C=O) groups excluding carboxylic acids is 3. The Morgan fingerprint density at radius 3 is 2.53 bits per heavy atom. The number of fused-ring (bicyclic) bond motifs is 1. The van der Waals surface area contributed by atoms with Crippen molar-refractivity contribution >= 4 is 17.8 Å². The van der Waals surface area contributed by atoms with Crippen LogP contribution in [-0.4, -0.2) is 53.8 Å². The quantitative estimate of drug-likeness (QED) is 0.730. The van der Waals surface area contributed by atoms with Gasteiger partial charge in [0.15, 0.2) is 0 Å². The maximum absolute atomic E-state index is 13.4. The molecular formula is C23H23FN2O4. The van der Waals surface area contributed by atoms with Crippen LogP contribution in [0.15, 0.2) is 48.5 Å². The molecule has 0 aromatic heterocycles. The summed E-state index contributed by atoms with van der Waals surface area (Å²) >= 11 is 0. The Kier molecular flexibility index (Phi) is 5.28. The molecule has 2 aliphatic rings. The van der Waals surface area contributed by atoms with E-state index in [2.05, 4.69) is 0 Å². The Bertz CT molecular complexity index is 994. The molecule has 2 fully saturated rings. The van der Waals surface area contributed by atoms with Gasteiger partial charge in [-0.25, -0.2) is 4.39 Å². The standard InChI is InChI=1S/C23H23FN2O4/c1-14-10-16(24)8-9-18(14)22(28)25-12-17-11-19(23(29)30-2)21(26(17)20(27)13-25)15-6-4-3-5-7-15/h3-10,17,19,21H,11-13H2,1-2H3/t17-,19-,21-/m0/s1. The molecule has 3 atom stereocenters. The van der Waals surface area contributed by atoms with Gasteiger partial charge in [-0.2, -0.15) is 0 Å². The second-order valence-electron chi connectivity index (χ2n) is 7.82. The highest BCUT2D eigenvalue weighted by molar-refractivity contribution is 5.98. The number of methoxy groups -OCH3 is 1. The van der Waals surface area contributed by atoms with E-state index < -0.39 is 17.8 Å². The molecule has 0 saturated carbocycles. The lowest BCUT2D eigenvalue weighted by Crippen LogP contribution is -2.56. The number of hydrogen-bond acceptors (Lipinski definition) is 4. The Labute approximate surface area is 174 Å². The molecule has 2 saturated heterocycles. The van der Waals surface area contributed by atoms with Crippen LogP contribution in [0.4, 0.5) is 4.39 Å². The molecule has 2 heterocycles. The molecule has 0 spiro atoms. The lowest BCUT2D eigenvalue weighted by Gasteiger charge is -2.40. The summed E-state index contributed by atoms with van der Waals surface area (Å²) < 4.78 is 18.4. The number of benzene rings is 2. The van der Waals surface area contributed by atoms with Gasteiger partial charge in [0.05, 0.1) is 25.1 Å². The average molecular weight is 410 g/mol. The zero-order valence-corrected chi connectivity index (χ0v) is 16.9. The van der Waals surface area contributed by atoms with Crippen molar-refractivity contribution in [3.05, 3.63) is 71.0 Å². The van der Waals surface area contributed by atoms with Gasteiger partial charge in [-0.05, 0) is 42.7 Å². The highest BCUT2D eigenvalue weighted by Gasteiger charge is 2.51. The first-order valence-corrected chi connectivity index (χ1v) is 9.90. The fourth-order valence-electron chi connectivity index (χ4n) is 4.65. The van der Waals surface area contributed by atoms with E-state index in [0.29, 0.717) is 24.1 Å². The van der Waals surface area contributed by atoms with Crippen molar-refractivity contribution in [3.63, 3.8) is 0 Å². The predicted molar refractivity (Wildman–Crippen MR) is 107 cm³/mol. The second kappa shape index (κ2) is 7.89. The molecule has 7 heteroatoms. The van der Waals surface area contributed by atoms with Crippen LogP contribution < -0.4 is 0 Å². The molecule has 4 rings (SSSR count). The lowest BCUT2D eigenvalue weighted by molar-refractivity contribution is -0.147. The molecule has 30 heavy (non-hydrogen) atoms. The minimum Gasteiger partial charge on any atom is -0.469 e. The number of carbonyl (C=O) groups is 3. The maximum atomic E-state index is 13.4. The first-order valence-electron chi connectivity index (χ1n) is 9.90. The van der Waals surface area contributed by atoms with Crippen molar-refractivity contribution in [2.24, 2.45) is 5.92 Å². The third kappa shape index (κ3) is 3.44. The van der Waals surface area contributed by atoms with Crippen LogP contribution in [0.25, 0.3) is 0 Å². The number of hydrogen-bond donors (Lipinski definition) is 0. The molecule has 2 aromatic rings. The van der Waals surface area contributed by atoms with Gasteiger partial charge in [0.25, 0.3) is 5.91 Å². The number of piperazine rings is 1. The summed E-state index contributed by atoms with van der Waals surface area (Å²) in [5, 5.41) is 0. The van der Waals surface area contributed by atoms with E-state index in [1.54, 1.807) is 11.8 Å². The smallest absolute Gasteiger partial charge is 0.311 e. The Hall–Kier alpha value is -3.22. The van der Waals surface area contributed by atoms with Gasteiger partial charge >= 0.3 is 5.97 Å². The topological polar surface area (TPSA) is 66.9 Å². The van der Waals surface area contributed by atoms with Crippen molar-refractivity contribution < 1.29 is 23.5 Å². The van der Waals surface area contributed by atoms with Crippen LogP contribution in [0.1, 0.15) is 33.9 Å². The summed E-state index contributed by atoms with van der Waals surface area (Å²) in [6, 6.07) is 12.7. The zero-order valence-electron chi connectivity index (χ0n) is 16.9. The summed E-state index contributed by atoms with van der Waals surface area (Å²) in [6.07, 6.45) is 0.421. The Balaban J connectivity index is 1.63. The third-order valence-corrected chi connectivity index (χ3v) is 6.00. The Morgan fingerprint density at radius 2 is 1.87 bits per heavy atom. The molecule has 156 valence electrons. The van der Waals surface area contributed by atoms with E-state index in [4.69, 9.17) is 4.74 Å². The van der Waals surface area contributed by atoms with Crippen molar-refractivity contribution in [2.45, 2.75) is 25.4 Å². The number of ether oxygens (including phenoxy) is 1. The number of rotatable bonds is 3. The van der Waals surface area contributed by atoms with Crippen LogP contribution in [0.3, 0.4) is 0 Å².